The average molecular weight is 431 g/mol. The molecule has 0 atom stereocenters. The van der Waals surface area contributed by atoms with Crippen LogP contribution in [0.3, 0.4) is 0 Å². The summed E-state index contributed by atoms with van der Waals surface area (Å²) in [5, 5.41) is 8.94. The van der Waals surface area contributed by atoms with Crippen LogP contribution in [0.25, 0.3) is 0 Å². The zero-order valence-electron chi connectivity index (χ0n) is 15.1. The van der Waals surface area contributed by atoms with Gasteiger partial charge in [0.15, 0.2) is 0 Å². The van der Waals surface area contributed by atoms with Crippen LogP contribution in [0.1, 0.15) is 20.7 Å². The molecular formula is C19H14FN3O6S. The largest absolute Gasteiger partial charge is 0.478 e. The maximum absolute atomic E-state index is 13.5. The molecule has 0 aliphatic rings. The van der Waals surface area contributed by atoms with Gasteiger partial charge < -0.3 is 15.6 Å². The lowest BCUT2D eigenvalue weighted by Gasteiger charge is -2.10. The van der Waals surface area contributed by atoms with E-state index in [2.05, 4.69) is 9.71 Å². The van der Waals surface area contributed by atoms with Crippen molar-refractivity contribution in [3.05, 3.63) is 77.7 Å². The van der Waals surface area contributed by atoms with E-state index in [1.54, 1.807) is 12.1 Å². The number of carbonyl (C=O) groups excluding carboxylic acids is 1. The number of carboxylic acid groups (broad SMARTS) is 1. The van der Waals surface area contributed by atoms with Gasteiger partial charge in [-0.2, -0.15) is 0 Å². The summed E-state index contributed by atoms with van der Waals surface area (Å²) in [6, 6.07) is 11.3. The molecule has 1 amide bonds. The van der Waals surface area contributed by atoms with E-state index in [9.17, 15) is 22.4 Å². The van der Waals surface area contributed by atoms with Crippen molar-refractivity contribution >= 4 is 27.6 Å². The first kappa shape index (κ1) is 20.7. The Morgan fingerprint density at radius 1 is 1.10 bits per heavy atom. The molecule has 3 rings (SSSR count). The molecule has 4 N–H and O–H groups in total. The molecule has 0 aliphatic heterocycles. The number of carbonyl (C=O) groups is 2. The van der Waals surface area contributed by atoms with Gasteiger partial charge in [0.25, 0.3) is 10.0 Å². The maximum atomic E-state index is 13.5. The molecule has 0 bridgehead atoms. The molecule has 9 nitrogen and oxygen atoms in total. The number of ether oxygens (including phenoxy) is 1. The number of hydrogen-bond donors (Lipinski definition) is 3. The number of anilines is 1. The molecule has 0 spiro atoms. The number of nitrogens with two attached hydrogens (primary N) is 1. The first-order valence-electron chi connectivity index (χ1n) is 8.25. The third kappa shape index (κ3) is 4.70. The summed E-state index contributed by atoms with van der Waals surface area (Å²) >= 11 is 0. The van der Waals surface area contributed by atoms with Crippen LogP contribution >= 0.6 is 0 Å². The van der Waals surface area contributed by atoms with Gasteiger partial charge in [0, 0.05) is 11.6 Å². The van der Waals surface area contributed by atoms with Gasteiger partial charge in [0.2, 0.25) is 11.8 Å². The zero-order valence-corrected chi connectivity index (χ0v) is 15.9. The number of amides is 1. The van der Waals surface area contributed by atoms with Crippen molar-refractivity contribution in [2.24, 2.45) is 5.73 Å². The highest BCUT2D eigenvalue weighted by molar-refractivity contribution is 7.92. The summed E-state index contributed by atoms with van der Waals surface area (Å²) in [5.74, 6) is -2.84. The van der Waals surface area contributed by atoms with Crippen molar-refractivity contribution in [2.75, 3.05) is 4.72 Å². The van der Waals surface area contributed by atoms with Gasteiger partial charge in [-0.3, -0.25) is 9.52 Å². The number of nitrogens with zero attached hydrogens (tertiary/aromatic N) is 1. The molecule has 30 heavy (non-hydrogen) atoms. The molecule has 11 heteroatoms. The topological polar surface area (TPSA) is 149 Å². The van der Waals surface area contributed by atoms with Gasteiger partial charge >= 0.3 is 5.97 Å². The van der Waals surface area contributed by atoms with E-state index < -0.39 is 38.2 Å². The molecule has 2 aromatic carbocycles. The summed E-state index contributed by atoms with van der Waals surface area (Å²) in [6.07, 6.45) is 1.17. The molecule has 1 heterocycles. The van der Waals surface area contributed by atoms with E-state index in [1.807, 2.05) is 0 Å². The molecule has 0 unspecified atom stereocenters. The predicted octanol–water partition coefficient (Wildman–Crippen LogP) is 2.61. The Morgan fingerprint density at radius 3 is 2.50 bits per heavy atom. The molecule has 0 radical (unpaired) electrons. The molecule has 3 aromatic rings. The molecule has 0 aliphatic carbocycles. The Labute approximate surface area is 170 Å². The minimum absolute atomic E-state index is 0.0643. The number of aromatic carboxylic acids is 1. The van der Waals surface area contributed by atoms with Crippen molar-refractivity contribution in [2.45, 2.75) is 4.90 Å². The van der Waals surface area contributed by atoms with Gasteiger partial charge in [-0.25, -0.2) is 22.6 Å². The third-order valence-electron chi connectivity index (χ3n) is 3.81. The molecular weight excluding hydrogens is 417 g/mol. The fourth-order valence-electron chi connectivity index (χ4n) is 2.38. The van der Waals surface area contributed by atoms with Gasteiger partial charge in [0.1, 0.15) is 11.6 Å². The van der Waals surface area contributed by atoms with Crippen molar-refractivity contribution in [3.8, 4) is 11.6 Å². The lowest BCUT2D eigenvalue weighted by atomic mass is 10.2. The van der Waals surface area contributed by atoms with Crippen LogP contribution in [0.2, 0.25) is 0 Å². The third-order valence-corrected chi connectivity index (χ3v) is 5.19. The quantitative estimate of drug-likeness (QED) is 0.520. The van der Waals surface area contributed by atoms with Crippen molar-refractivity contribution in [1.29, 1.82) is 0 Å². The standard InChI is InChI=1S/C19H14FN3O6S/c20-16-6-5-14(9-15(16)19(25)26)30(27,28)23-12-4-7-17(22-10-12)29-13-3-1-2-11(8-13)18(21)24/h1-10,23H,(H2,21,24)(H,25,26). The highest BCUT2D eigenvalue weighted by Crippen LogP contribution is 2.23. The minimum atomic E-state index is -4.19. The number of aromatic nitrogens is 1. The second-order valence-corrected chi connectivity index (χ2v) is 7.61. The average Bonchev–Trinajstić information content (AvgIpc) is 2.69. The predicted molar refractivity (Wildman–Crippen MR) is 103 cm³/mol. The molecule has 0 fully saturated rings. The van der Waals surface area contributed by atoms with Gasteiger partial charge in [-0.15, -0.1) is 0 Å². The lowest BCUT2D eigenvalue weighted by molar-refractivity contribution is 0.0691. The van der Waals surface area contributed by atoms with Crippen LogP contribution in [0.4, 0.5) is 10.1 Å². The number of benzene rings is 2. The summed E-state index contributed by atoms with van der Waals surface area (Å²) < 4.78 is 46.1. The molecule has 1 aromatic heterocycles. The molecule has 0 saturated carbocycles. The van der Waals surface area contributed by atoms with Gasteiger partial charge in [-0.1, -0.05) is 6.07 Å². The number of rotatable bonds is 7. The second-order valence-electron chi connectivity index (χ2n) is 5.93. The van der Waals surface area contributed by atoms with Crippen molar-refractivity contribution in [1.82, 2.24) is 4.98 Å². The summed E-state index contributed by atoms with van der Waals surface area (Å²) in [7, 11) is -4.19. The zero-order chi connectivity index (χ0) is 21.9. The molecule has 0 saturated heterocycles. The van der Waals surface area contributed by atoms with Crippen LogP contribution in [-0.2, 0) is 10.0 Å². The Balaban J connectivity index is 1.77. The Hall–Kier alpha value is -3.99. The first-order valence-corrected chi connectivity index (χ1v) is 9.73. The normalized spacial score (nSPS) is 11.0. The van der Waals surface area contributed by atoms with Crippen LogP contribution in [0.5, 0.6) is 11.6 Å². The maximum Gasteiger partial charge on any atom is 0.338 e. The second kappa shape index (κ2) is 8.17. The van der Waals surface area contributed by atoms with Gasteiger partial charge in [-0.05, 0) is 42.5 Å². The monoisotopic (exact) mass is 431 g/mol. The smallest absolute Gasteiger partial charge is 0.338 e. The minimum Gasteiger partial charge on any atom is -0.478 e. The van der Waals surface area contributed by atoms with Crippen molar-refractivity contribution < 1.29 is 32.2 Å². The highest BCUT2D eigenvalue weighted by Gasteiger charge is 2.19. The summed E-state index contributed by atoms with van der Waals surface area (Å²) in [5.41, 5.74) is 4.75. The van der Waals surface area contributed by atoms with Crippen LogP contribution in [0.15, 0.2) is 65.7 Å². The lowest BCUT2D eigenvalue weighted by Crippen LogP contribution is -2.14. The Bertz CT molecular complexity index is 1230. The van der Waals surface area contributed by atoms with E-state index >= 15 is 0 Å². The number of hydrogen-bond acceptors (Lipinski definition) is 6. The Morgan fingerprint density at radius 2 is 1.87 bits per heavy atom. The Kier molecular flexibility index (Phi) is 5.65. The number of sulfonamides is 1. The van der Waals surface area contributed by atoms with E-state index in [1.165, 1.54) is 30.5 Å². The number of nitrogens with one attached hydrogen (secondary N) is 1. The van der Waals surface area contributed by atoms with Crippen molar-refractivity contribution in [3.63, 3.8) is 0 Å². The fraction of sp³-hybridized carbons (Fsp3) is 0. The van der Waals surface area contributed by atoms with Crippen LogP contribution in [-0.4, -0.2) is 30.4 Å². The van der Waals surface area contributed by atoms with Crippen LogP contribution < -0.4 is 15.2 Å². The van der Waals surface area contributed by atoms with Crippen LogP contribution in [0, 0.1) is 5.82 Å². The fourth-order valence-corrected chi connectivity index (χ4v) is 3.45. The number of primary amides is 1. The number of pyridine rings is 1. The SMILES string of the molecule is NC(=O)c1cccc(Oc2ccc(NS(=O)(=O)c3ccc(F)c(C(=O)O)c3)cn2)c1. The summed E-state index contributed by atoms with van der Waals surface area (Å²) in [6.45, 7) is 0. The van der Waals surface area contributed by atoms with E-state index in [0.717, 1.165) is 18.2 Å². The summed E-state index contributed by atoms with van der Waals surface area (Å²) in [4.78, 5) is 25.8. The van der Waals surface area contributed by atoms with E-state index in [0.29, 0.717) is 5.75 Å². The van der Waals surface area contributed by atoms with Gasteiger partial charge in [0.05, 0.1) is 22.3 Å². The first-order chi connectivity index (χ1) is 14.2. The number of carboxylic acids is 1. The number of halogens is 1. The van der Waals surface area contributed by atoms with E-state index in [4.69, 9.17) is 15.6 Å². The van der Waals surface area contributed by atoms with E-state index in [-0.39, 0.29) is 17.1 Å². The highest BCUT2D eigenvalue weighted by atomic mass is 32.2. The molecule has 154 valence electrons.